The molecule has 1 aliphatic rings. The van der Waals surface area contributed by atoms with Gasteiger partial charge in [0.25, 0.3) is 0 Å². The second-order valence-corrected chi connectivity index (χ2v) is 8.99. The maximum atomic E-state index is 9.61. The van der Waals surface area contributed by atoms with Gasteiger partial charge in [0.05, 0.1) is 42.0 Å². The van der Waals surface area contributed by atoms with Crippen LogP contribution in [0.15, 0.2) is 55.0 Å². The van der Waals surface area contributed by atoms with Crippen LogP contribution < -0.4 is 14.8 Å². The largest absolute Gasteiger partial charge is 0.494 e. The number of aliphatic hydroxyl groups is 1. The predicted molar refractivity (Wildman–Crippen MR) is 135 cm³/mol. The Morgan fingerprint density at radius 2 is 2.11 bits per heavy atom. The Morgan fingerprint density at radius 3 is 2.94 bits per heavy atom. The fraction of sp³-hybridized carbons (Fsp3) is 0.320. The third kappa shape index (κ3) is 5.17. The number of nitrogens with zero attached hydrogens (tertiary/aromatic N) is 5. The van der Waals surface area contributed by atoms with E-state index in [0.717, 1.165) is 36.6 Å². The smallest absolute Gasteiger partial charge is 0.227 e. The van der Waals surface area contributed by atoms with Crippen molar-refractivity contribution >= 4 is 28.9 Å². The van der Waals surface area contributed by atoms with Crippen molar-refractivity contribution in [3.05, 3.63) is 60.0 Å². The molecule has 0 unspecified atom stereocenters. The maximum Gasteiger partial charge on any atom is 0.227 e. The molecule has 1 fully saturated rings. The van der Waals surface area contributed by atoms with Gasteiger partial charge < -0.3 is 19.9 Å². The second kappa shape index (κ2) is 10.1. The number of benzene rings is 1. The van der Waals surface area contributed by atoms with Crippen molar-refractivity contribution in [1.82, 2.24) is 24.3 Å². The number of anilines is 2. The summed E-state index contributed by atoms with van der Waals surface area (Å²) in [6.07, 6.45) is 5.87. The molecule has 0 saturated carbocycles. The van der Waals surface area contributed by atoms with Crippen molar-refractivity contribution in [2.24, 2.45) is 0 Å². The molecule has 4 aromatic rings. The number of fused-ring (bicyclic) bond motifs is 1. The molecule has 0 spiro atoms. The first kappa shape index (κ1) is 23.3. The summed E-state index contributed by atoms with van der Waals surface area (Å²) in [5.41, 5.74) is 2.85. The molecular formula is C25H27ClN6O3. The third-order valence-electron chi connectivity index (χ3n) is 5.88. The number of hydrogen-bond donors (Lipinski definition) is 2. The highest BCUT2D eigenvalue weighted by Crippen LogP contribution is 2.33. The zero-order chi connectivity index (χ0) is 24.4. The van der Waals surface area contributed by atoms with Crippen LogP contribution >= 0.6 is 11.6 Å². The topological polar surface area (TPSA) is 97.0 Å². The quantitative estimate of drug-likeness (QED) is 0.379. The highest BCUT2D eigenvalue weighted by molar-refractivity contribution is 6.32. The van der Waals surface area contributed by atoms with Crippen LogP contribution in [-0.2, 0) is 0 Å². The predicted octanol–water partition coefficient (Wildman–Crippen LogP) is 4.03. The molecule has 4 heterocycles. The number of likely N-dealkylation sites (tertiary alicyclic amines) is 1. The van der Waals surface area contributed by atoms with Crippen molar-refractivity contribution in [3.8, 4) is 22.9 Å². The van der Waals surface area contributed by atoms with Crippen molar-refractivity contribution < 1.29 is 14.6 Å². The lowest BCUT2D eigenvalue weighted by Crippen LogP contribution is -2.30. The van der Waals surface area contributed by atoms with Gasteiger partial charge in [0.1, 0.15) is 28.9 Å². The number of rotatable bonds is 8. The van der Waals surface area contributed by atoms with Gasteiger partial charge in [0, 0.05) is 31.9 Å². The van der Waals surface area contributed by atoms with Gasteiger partial charge in [-0.2, -0.15) is 0 Å². The number of β-amino-alcohol motifs (C(OH)–C–C–N with tert-alkyl or cyclic N) is 1. The molecule has 0 amide bonds. The molecule has 1 aromatic carbocycles. The number of pyridine rings is 1. The molecule has 1 aliphatic heterocycles. The fourth-order valence-corrected chi connectivity index (χ4v) is 4.50. The lowest BCUT2D eigenvalue weighted by atomic mass is 10.2. The number of nitrogens with one attached hydrogen (secondary N) is 1. The molecule has 0 aliphatic carbocycles. The van der Waals surface area contributed by atoms with Crippen molar-refractivity contribution in [2.45, 2.75) is 25.6 Å². The molecule has 1 saturated heterocycles. The zero-order valence-corrected chi connectivity index (χ0v) is 20.3. The molecular weight excluding hydrogens is 468 g/mol. The van der Waals surface area contributed by atoms with Crippen LogP contribution in [0.3, 0.4) is 0 Å². The number of hydrogen-bond acceptors (Lipinski definition) is 8. The number of ether oxygens (including phenoxy) is 2. The Kier molecular flexibility index (Phi) is 6.72. The monoisotopic (exact) mass is 494 g/mol. The van der Waals surface area contributed by atoms with E-state index in [1.165, 1.54) is 0 Å². The van der Waals surface area contributed by atoms with E-state index >= 15 is 0 Å². The summed E-state index contributed by atoms with van der Waals surface area (Å²) >= 11 is 6.44. The van der Waals surface area contributed by atoms with Crippen LogP contribution in [0.2, 0.25) is 5.02 Å². The molecule has 2 atom stereocenters. The minimum Gasteiger partial charge on any atom is -0.494 e. The van der Waals surface area contributed by atoms with E-state index in [1.807, 2.05) is 47.0 Å². The molecule has 10 heteroatoms. The Morgan fingerprint density at radius 1 is 1.23 bits per heavy atom. The first-order valence-electron chi connectivity index (χ1n) is 11.5. The number of imidazole rings is 1. The van der Waals surface area contributed by atoms with Gasteiger partial charge in [-0.3, -0.25) is 9.30 Å². The van der Waals surface area contributed by atoms with E-state index in [2.05, 4.69) is 25.2 Å². The minimum absolute atomic E-state index is 0.0740. The maximum absolute atomic E-state index is 9.61. The van der Waals surface area contributed by atoms with Gasteiger partial charge in [-0.15, -0.1) is 0 Å². The fourth-order valence-electron chi connectivity index (χ4n) is 4.31. The Labute approximate surface area is 208 Å². The summed E-state index contributed by atoms with van der Waals surface area (Å²) in [6.45, 7) is 4.16. The average Bonchev–Trinajstić information content (AvgIpc) is 3.47. The molecule has 182 valence electrons. The summed E-state index contributed by atoms with van der Waals surface area (Å²) in [6, 6.07) is 11.4. The lowest BCUT2D eigenvalue weighted by molar-refractivity contribution is 0.130. The van der Waals surface area contributed by atoms with Gasteiger partial charge in [0.2, 0.25) is 5.95 Å². The standard InChI is InChI=1S/C25H27ClN6O3/c1-16(33)14-31-10-8-18(15-31)35-17-6-7-20(22(11-17)34-2)29-25-28-12-19(26)24(30-25)21-13-27-23-5-3-4-9-32(21)23/h3-7,9,11-13,16,18,33H,8,10,14-15H2,1-2H3,(H,28,29,30)/t16-,18-/m0/s1. The first-order chi connectivity index (χ1) is 17.0. The van der Waals surface area contributed by atoms with Crippen molar-refractivity contribution in [2.75, 3.05) is 32.1 Å². The van der Waals surface area contributed by atoms with Crippen LogP contribution in [0.25, 0.3) is 17.0 Å². The van der Waals surface area contributed by atoms with Crippen molar-refractivity contribution in [3.63, 3.8) is 0 Å². The van der Waals surface area contributed by atoms with Crippen molar-refractivity contribution in [1.29, 1.82) is 0 Å². The van der Waals surface area contributed by atoms with E-state index in [9.17, 15) is 5.11 Å². The van der Waals surface area contributed by atoms with Crippen LogP contribution in [-0.4, -0.2) is 68.3 Å². The normalized spacial score (nSPS) is 17.0. The number of halogens is 1. The van der Waals surface area contributed by atoms with Crippen LogP contribution in [0.1, 0.15) is 13.3 Å². The summed E-state index contributed by atoms with van der Waals surface area (Å²) in [5.74, 6) is 1.71. The van der Waals surface area contributed by atoms with E-state index in [1.54, 1.807) is 26.4 Å². The van der Waals surface area contributed by atoms with Gasteiger partial charge in [-0.05, 0) is 37.6 Å². The summed E-state index contributed by atoms with van der Waals surface area (Å²) in [4.78, 5) is 15.6. The summed E-state index contributed by atoms with van der Waals surface area (Å²) in [7, 11) is 1.61. The van der Waals surface area contributed by atoms with E-state index in [0.29, 0.717) is 34.6 Å². The van der Waals surface area contributed by atoms with Gasteiger partial charge in [0.15, 0.2) is 0 Å². The first-order valence-corrected chi connectivity index (χ1v) is 11.8. The highest BCUT2D eigenvalue weighted by Gasteiger charge is 2.25. The number of methoxy groups -OCH3 is 1. The Bertz CT molecular complexity index is 1330. The molecule has 3 aromatic heterocycles. The molecule has 9 nitrogen and oxygen atoms in total. The average molecular weight is 495 g/mol. The second-order valence-electron chi connectivity index (χ2n) is 8.59. The van der Waals surface area contributed by atoms with E-state index in [4.69, 9.17) is 21.1 Å². The SMILES string of the molecule is COc1cc(O[C@H]2CCN(C[C@H](C)O)C2)ccc1Nc1ncc(Cl)c(-c2cnc3ccccn23)n1. The van der Waals surface area contributed by atoms with Gasteiger partial charge >= 0.3 is 0 Å². The van der Waals surface area contributed by atoms with Crippen LogP contribution in [0.4, 0.5) is 11.6 Å². The Balaban J connectivity index is 1.33. The van der Waals surface area contributed by atoms with Gasteiger partial charge in [-0.1, -0.05) is 17.7 Å². The molecule has 2 N–H and O–H groups in total. The lowest BCUT2D eigenvalue weighted by Gasteiger charge is -2.19. The number of aliphatic hydroxyl groups excluding tert-OH is 1. The Hall–Kier alpha value is -3.40. The van der Waals surface area contributed by atoms with E-state index in [-0.39, 0.29) is 12.2 Å². The zero-order valence-electron chi connectivity index (χ0n) is 19.6. The minimum atomic E-state index is -0.345. The molecule has 0 radical (unpaired) electrons. The molecule has 35 heavy (non-hydrogen) atoms. The van der Waals surface area contributed by atoms with Crippen LogP contribution in [0, 0.1) is 0 Å². The van der Waals surface area contributed by atoms with E-state index < -0.39 is 0 Å². The molecule has 0 bridgehead atoms. The van der Waals surface area contributed by atoms with Gasteiger partial charge in [-0.25, -0.2) is 15.0 Å². The number of aromatic nitrogens is 4. The van der Waals surface area contributed by atoms with Crippen LogP contribution in [0.5, 0.6) is 11.5 Å². The third-order valence-corrected chi connectivity index (χ3v) is 6.15. The summed E-state index contributed by atoms with van der Waals surface area (Å²) < 4.78 is 13.7. The highest BCUT2D eigenvalue weighted by atomic mass is 35.5. The molecule has 5 rings (SSSR count). The summed E-state index contributed by atoms with van der Waals surface area (Å²) in [5, 5.41) is 13.3.